The van der Waals surface area contributed by atoms with Gasteiger partial charge in [0.2, 0.25) is 0 Å². The van der Waals surface area contributed by atoms with E-state index in [4.69, 9.17) is 9.26 Å². The standard InChI is InChI=1S/C23H20N4O2/c1-15-3-5-18(6-4-15)23(11-12-23)19-7-9-20(10-8-19)28-22-24-13-17(14-25-22)21-26-16(2)27-29-21/h3-10,13-14H,11-12H2,1-2H3. The Balaban J connectivity index is 1.31. The maximum absolute atomic E-state index is 5.80. The normalized spacial score (nSPS) is 14.6. The maximum atomic E-state index is 5.80. The summed E-state index contributed by atoms with van der Waals surface area (Å²) in [6.07, 6.45) is 5.58. The predicted octanol–water partition coefficient (Wildman–Crippen LogP) is 5.02. The summed E-state index contributed by atoms with van der Waals surface area (Å²) in [4.78, 5) is 12.6. The Morgan fingerprint density at radius 2 is 1.48 bits per heavy atom. The second-order valence-electron chi connectivity index (χ2n) is 7.48. The minimum Gasteiger partial charge on any atom is -0.424 e. The minimum absolute atomic E-state index is 0.145. The Hall–Kier alpha value is -3.54. The van der Waals surface area contributed by atoms with Gasteiger partial charge in [-0.25, -0.2) is 9.97 Å². The molecule has 1 fully saturated rings. The molecule has 4 aromatic rings. The van der Waals surface area contributed by atoms with Crippen LogP contribution in [-0.4, -0.2) is 20.1 Å². The van der Waals surface area contributed by atoms with Crippen LogP contribution >= 0.6 is 0 Å². The van der Waals surface area contributed by atoms with Crippen molar-refractivity contribution in [1.82, 2.24) is 20.1 Å². The maximum Gasteiger partial charge on any atom is 0.321 e. The molecule has 0 aliphatic heterocycles. The summed E-state index contributed by atoms with van der Waals surface area (Å²) in [5.41, 5.74) is 4.78. The van der Waals surface area contributed by atoms with Gasteiger partial charge in [0.05, 0.1) is 5.56 Å². The topological polar surface area (TPSA) is 73.9 Å². The Bertz CT molecular complexity index is 1130. The van der Waals surface area contributed by atoms with Gasteiger partial charge in [-0.15, -0.1) is 0 Å². The van der Waals surface area contributed by atoms with Crippen LogP contribution in [0.5, 0.6) is 11.8 Å². The smallest absolute Gasteiger partial charge is 0.321 e. The van der Waals surface area contributed by atoms with Crippen LogP contribution < -0.4 is 4.74 Å². The third-order valence-electron chi connectivity index (χ3n) is 5.37. The summed E-state index contributed by atoms with van der Waals surface area (Å²) in [6, 6.07) is 17.4. The SMILES string of the molecule is Cc1ccc(C2(c3ccc(Oc4ncc(-c5nc(C)no5)cn4)cc3)CC2)cc1. The number of rotatable bonds is 5. The van der Waals surface area contributed by atoms with Gasteiger partial charge in [0.15, 0.2) is 5.82 Å². The summed E-state index contributed by atoms with van der Waals surface area (Å²) in [5, 5.41) is 3.77. The van der Waals surface area contributed by atoms with Crippen molar-refractivity contribution in [3.05, 3.63) is 83.4 Å². The summed E-state index contributed by atoms with van der Waals surface area (Å²) in [6.45, 7) is 3.88. The van der Waals surface area contributed by atoms with Crippen LogP contribution in [-0.2, 0) is 5.41 Å². The van der Waals surface area contributed by atoms with E-state index in [1.807, 2.05) is 12.1 Å². The van der Waals surface area contributed by atoms with Crippen molar-refractivity contribution in [2.75, 3.05) is 0 Å². The lowest BCUT2D eigenvalue weighted by atomic mass is 9.88. The molecule has 144 valence electrons. The van der Waals surface area contributed by atoms with E-state index in [0.29, 0.717) is 23.0 Å². The van der Waals surface area contributed by atoms with Gasteiger partial charge in [0.25, 0.3) is 5.89 Å². The van der Waals surface area contributed by atoms with Gasteiger partial charge in [-0.1, -0.05) is 47.1 Å². The number of ether oxygens (including phenoxy) is 1. The second kappa shape index (κ2) is 6.81. The molecule has 0 unspecified atom stereocenters. The molecule has 6 nitrogen and oxygen atoms in total. The first-order valence-corrected chi connectivity index (χ1v) is 9.61. The molecule has 2 aromatic heterocycles. The van der Waals surface area contributed by atoms with Gasteiger partial charge in [-0.3, -0.25) is 0 Å². The summed E-state index contributed by atoms with van der Waals surface area (Å²) >= 11 is 0. The fourth-order valence-electron chi connectivity index (χ4n) is 3.58. The zero-order valence-electron chi connectivity index (χ0n) is 16.3. The highest BCUT2D eigenvalue weighted by Gasteiger charge is 2.45. The van der Waals surface area contributed by atoms with E-state index in [1.165, 1.54) is 29.5 Å². The molecule has 2 aromatic carbocycles. The lowest BCUT2D eigenvalue weighted by Crippen LogP contribution is -2.08. The average molecular weight is 384 g/mol. The Kier molecular flexibility index (Phi) is 4.12. The summed E-state index contributed by atoms with van der Waals surface area (Å²) in [5.74, 6) is 1.67. The van der Waals surface area contributed by atoms with Crippen LogP contribution in [0.4, 0.5) is 0 Å². The van der Waals surface area contributed by atoms with Crippen LogP contribution in [0.15, 0.2) is 65.4 Å². The van der Waals surface area contributed by atoms with Crippen molar-refractivity contribution in [1.29, 1.82) is 0 Å². The minimum atomic E-state index is 0.145. The third kappa shape index (κ3) is 3.38. The molecular weight excluding hydrogens is 364 g/mol. The Labute approximate surface area is 168 Å². The highest BCUT2D eigenvalue weighted by molar-refractivity contribution is 5.50. The average Bonchev–Trinajstić information content (AvgIpc) is 3.44. The fourth-order valence-corrected chi connectivity index (χ4v) is 3.58. The fraction of sp³-hybridized carbons (Fsp3) is 0.217. The second-order valence-corrected chi connectivity index (χ2v) is 7.48. The first kappa shape index (κ1) is 17.6. The number of aromatic nitrogens is 4. The zero-order valence-corrected chi connectivity index (χ0v) is 16.3. The van der Waals surface area contributed by atoms with Gasteiger partial charge in [-0.2, -0.15) is 4.98 Å². The number of hydrogen-bond donors (Lipinski definition) is 0. The van der Waals surface area contributed by atoms with E-state index in [0.717, 1.165) is 0 Å². The van der Waals surface area contributed by atoms with Crippen molar-refractivity contribution in [2.45, 2.75) is 32.1 Å². The molecule has 1 aliphatic carbocycles. The van der Waals surface area contributed by atoms with E-state index < -0.39 is 0 Å². The van der Waals surface area contributed by atoms with Crippen molar-refractivity contribution in [2.24, 2.45) is 0 Å². The van der Waals surface area contributed by atoms with E-state index in [-0.39, 0.29) is 11.4 Å². The van der Waals surface area contributed by atoms with E-state index in [1.54, 1.807) is 19.3 Å². The van der Waals surface area contributed by atoms with Crippen molar-refractivity contribution >= 4 is 0 Å². The zero-order chi connectivity index (χ0) is 19.8. The molecule has 0 atom stereocenters. The molecule has 0 saturated heterocycles. The third-order valence-corrected chi connectivity index (χ3v) is 5.37. The largest absolute Gasteiger partial charge is 0.424 e. The number of aryl methyl sites for hydroxylation is 2. The van der Waals surface area contributed by atoms with Crippen molar-refractivity contribution in [3.63, 3.8) is 0 Å². The number of hydrogen-bond acceptors (Lipinski definition) is 6. The van der Waals surface area contributed by atoms with E-state index >= 15 is 0 Å². The van der Waals surface area contributed by atoms with Gasteiger partial charge in [0.1, 0.15) is 5.75 Å². The molecule has 6 heteroatoms. The number of benzene rings is 2. The molecule has 0 N–H and O–H groups in total. The van der Waals surface area contributed by atoms with Crippen molar-refractivity contribution < 1.29 is 9.26 Å². The van der Waals surface area contributed by atoms with Gasteiger partial charge in [0, 0.05) is 17.8 Å². The Morgan fingerprint density at radius 3 is 2.03 bits per heavy atom. The first-order valence-electron chi connectivity index (χ1n) is 9.61. The monoisotopic (exact) mass is 384 g/mol. The van der Waals surface area contributed by atoms with Crippen LogP contribution in [0.2, 0.25) is 0 Å². The van der Waals surface area contributed by atoms with Crippen LogP contribution in [0, 0.1) is 13.8 Å². The van der Waals surface area contributed by atoms with Crippen LogP contribution in [0.25, 0.3) is 11.5 Å². The highest BCUT2D eigenvalue weighted by Crippen LogP contribution is 2.53. The molecule has 5 rings (SSSR count). The van der Waals surface area contributed by atoms with E-state index in [2.05, 4.69) is 63.4 Å². The van der Waals surface area contributed by atoms with Gasteiger partial charge >= 0.3 is 6.01 Å². The van der Waals surface area contributed by atoms with Crippen molar-refractivity contribution in [3.8, 4) is 23.2 Å². The molecule has 0 bridgehead atoms. The molecule has 0 radical (unpaired) electrons. The van der Waals surface area contributed by atoms with Crippen LogP contribution in [0.3, 0.4) is 0 Å². The first-order chi connectivity index (χ1) is 14.1. The summed E-state index contributed by atoms with van der Waals surface area (Å²) < 4.78 is 10.9. The predicted molar refractivity (Wildman–Crippen MR) is 108 cm³/mol. The van der Waals surface area contributed by atoms with Crippen LogP contribution in [0.1, 0.15) is 35.4 Å². The van der Waals surface area contributed by atoms with E-state index in [9.17, 15) is 0 Å². The molecule has 0 spiro atoms. The molecular formula is C23H20N4O2. The van der Waals surface area contributed by atoms with Gasteiger partial charge < -0.3 is 9.26 Å². The lowest BCUT2D eigenvalue weighted by molar-refractivity contribution is 0.423. The molecule has 1 aliphatic rings. The summed E-state index contributed by atoms with van der Waals surface area (Å²) in [7, 11) is 0. The van der Waals surface area contributed by atoms with Gasteiger partial charge in [-0.05, 0) is 49.9 Å². The number of nitrogens with zero attached hydrogens (tertiary/aromatic N) is 4. The highest BCUT2D eigenvalue weighted by atomic mass is 16.5. The molecule has 0 amide bonds. The molecule has 2 heterocycles. The Morgan fingerprint density at radius 1 is 0.862 bits per heavy atom. The lowest BCUT2D eigenvalue weighted by Gasteiger charge is -2.17. The molecule has 1 saturated carbocycles. The molecule has 29 heavy (non-hydrogen) atoms. The quantitative estimate of drug-likeness (QED) is 0.481.